The van der Waals surface area contributed by atoms with Crippen LogP contribution in [0.2, 0.25) is 0 Å². The Balaban J connectivity index is 1.82. The zero-order valence-corrected chi connectivity index (χ0v) is 10.9. The lowest BCUT2D eigenvalue weighted by molar-refractivity contribution is 0.101. The molecule has 98 valence electrons. The van der Waals surface area contributed by atoms with E-state index in [1.807, 2.05) is 60.7 Å². The molecule has 0 spiro atoms. The summed E-state index contributed by atoms with van der Waals surface area (Å²) in [7, 11) is 0. The quantitative estimate of drug-likeness (QED) is 0.731. The summed E-state index contributed by atoms with van der Waals surface area (Å²) in [5.74, 6) is 0.0625. The first kappa shape index (κ1) is 12.4. The van der Waals surface area contributed by atoms with Crippen molar-refractivity contribution in [2.24, 2.45) is 0 Å². The largest absolute Gasteiger partial charge is 0.378 e. The van der Waals surface area contributed by atoms with E-state index in [0.29, 0.717) is 5.56 Å². The van der Waals surface area contributed by atoms with E-state index in [9.17, 15) is 4.79 Å². The molecule has 0 aliphatic rings. The van der Waals surface area contributed by atoms with Gasteiger partial charge in [0.15, 0.2) is 5.78 Å². The zero-order valence-electron chi connectivity index (χ0n) is 10.9. The summed E-state index contributed by atoms with van der Waals surface area (Å²) < 4.78 is 0. The van der Waals surface area contributed by atoms with Crippen molar-refractivity contribution in [3.63, 3.8) is 0 Å². The van der Waals surface area contributed by atoms with Crippen molar-refractivity contribution in [3.8, 4) is 0 Å². The van der Waals surface area contributed by atoms with Gasteiger partial charge in [0.05, 0.1) is 12.1 Å². The van der Waals surface area contributed by atoms with Crippen LogP contribution in [-0.4, -0.2) is 17.3 Å². The van der Waals surface area contributed by atoms with E-state index < -0.39 is 0 Å². The second kappa shape index (κ2) is 5.53. The Bertz CT molecular complexity index is 733. The fourth-order valence-corrected chi connectivity index (χ4v) is 2.18. The standard InChI is InChI=1S/C17H14N2O/c20-17(12-19-13-6-2-1-3-7-13)15-8-4-10-16-14(15)9-5-11-18-16/h1-11,19H,12H2. The van der Waals surface area contributed by atoms with E-state index in [1.54, 1.807) is 6.20 Å². The molecular weight excluding hydrogens is 248 g/mol. The van der Waals surface area contributed by atoms with Gasteiger partial charge in [0, 0.05) is 22.8 Å². The van der Waals surface area contributed by atoms with Crippen molar-refractivity contribution in [2.45, 2.75) is 0 Å². The maximum absolute atomic E-state index is 12.3. The SMILES string of the molecule is O=C(CNc1ccccc1)c1cccc2ncccc12. The first-order chi connectivity index (χ1) is 9.84. The highest BCUT2D eigenvalue weighted by Gasteiger charge is 2.09. The topological polar surface area (TPSA) is 42.0 Å². The van der Waals surface area contributed by atoms with E-state index >= 15 is 0 Å². The molecule has 2 aromatic carbocycles. The molecule has 0 atom stereocenters. The second-order valence-corrected chi connectivity index (χ2v) is 4.52. The third-order valence-corrected chi connectivity index (χ3v) is 3.17. The molecule has 0 aliphatic heterocycles. The first-order valence-electron chi connectivity index (χ1n) is 6.50. The van der Waals surface area contributed by atoms with Gasteiger partial charge < -0.3 is 5.32 Å². The Morgan fingerprint density at radius 1 is 0.950 bits per heavy atom. The molecule has 0 aliphatic carbocycles. The molecule has 1 N–H and O–H groups in total. The molecule has 3 aromatic rings. The number of Topliss-reactive ketones (excluding diaryl/α,β-unsaturated/α-hetero) is 1. The number of hydrogen-bond acceptors (Lipinski definition) is 3. The number of anilines is 1. The van der Waals surface area contributed by atoms with Crippen molar-refractivity contribution in [3.05, 3.63) is 72.4 Å². The lowest BCUT2D eigenvalue weighted by atomic mass is 10.0. The van der Waals surface area contributed by atoms with Gasteiger partial charge in [-0.25, -0.2) is 0 Å². The van der Waals surface area contributed by atoms with Gasteiger partial charge in [-0.15, -0.1) is 0 Å². The molecule has 0 saturated carbocycles. The second-order valence-electron chi connectivity index (χ2n) is 4.52. The molecule has 20 heavy (non-hydrogen) atoms. The molecule has 0 bridgehead atoms. The van der Waals surface area contributed by atoms with Crippen molar-refractivity contribution >= 4 is 22.4 Å². The van der Waals surface area contributed by atoms with Crippen molar-refractivity contribution < 1.29 is 4.79 Å². The number of carbonyl (C=O) groups is 1. The normalized spacial score (nSPS) is 10.4. The average molecular weight is 262 g/mol. The van der Waals surface area contributed by atoms with Gasteiger partial charge in [-0.3, -0.25) is 9.78 Å². The maximum Gasteiger partial charge on any atom is 0.182 e. The maximum atomic E-state index is 12.3. The Morgan fingerprint density at radius 2 is 1.80 bits per heavy atom. The van der Waals surface area contributed by atoms with E-state index in [0.717, 1.165) is 16.6 Å². The lowest BCUT2D eigenvalue weighted by Gasteiger charge is -2.07. The number of nitrogens with one attached hydrogen (secondary N) is 1. The predicted molar refractivity (Wildman–Crippen MR) is 81.0 cm³/mol. The van der Waals surface area contributed by atoms with Gasteiger partial charge in [-0.05, 0) is 24.3 Å². The van der Waals surface area contributed by atoms with Crippen LogP contribution in [0.15, 0.2) is 66.9 Å². The number of aromatic nitrogens is 1. The van der Waals surface area contributed by atoms with Crippen LogP contribution in [-0.2, 0) is 0 Å². The summed E-state index contributed by atoms with van der Waals surface area (Å²) in [6, 6.07) is 19.1. The van der Waals surface area contributed by atoms with Crippen LogP contribution in [0.25, 0.3) is 10.9 Å². The molecule has 0 radical (unpaired) electrons. The minimum atomic E-state index is 0.0625. The summed E-state index contributed by atoms with van der Waals surface area (Å²) in [5, 5.41) is 4.04. The highest BCUT2D eigenvalue weighted by molar-refractivity contribution is 6.09. The Morgan fingerprint density at radius 3 is 2.65 bits per heavy atom. The van der Waals surface area contributed by atoms with E-state index in [-0.39, 0.29) is 12.3 Å². The van der Waals surface area contributed by atoms with Gasteiger partial charge >= 0.3 is 0 Å². The van der Waals surface area contributed by atoms with E-state index in [1.165, 1.54) is 0 Å². The molecule has 0 unspecified atom stereocenters. The van der Waals surface area contributed by atoms with Gasteiger partial charge in [-0.1, -0.05) is 36.4 Å². The smallest absolute Gasteiger partial charge is 0.182 e. The van der Waals surface area contributed by atoms with Gasteiger partial charge in [0.1, 0.15) is 0 Å². The monoisotopic (exact) mass is 262 g/mol. The molecule has 3 rings (SSSR count). The first-order valence-corrected chi connectivity index (χ1v) is 6.50. The average Bonchev–Trinajstić information content (AvgIpc) is 2.53. The van der Waals surface area contributed by atoms with Crippen LogP contribution in [0.5, 0.6) is 0 Å². The number of para-hydroxylation sites is 1. The molecule has 0 saturated heterocycles. The number of nitrogens with zero attached hydrogens (tertiary/aromatic N) is 1. The summed E-state index contributed by atoms with van der Waals surface area (Å²) in [6.07, 6.45) is 1.73. The molecule has 1 aromatic heterocycles. The number of rotatable bonds is 4. The number of carbonyl (C=O) groups excluding carboxylic acids is 1. The zero-order chi connectivity index (χ0) is 13.8. The number of pyridine rings is 1. The van der Waals surface area contributed by atoms with Crippen LogP contribution in [0, 0.1) is 0 Å². The fourth-order valence-electron chi connectivity index (χ4n) is 2.18. The number of benzene rings is 2. The minimum Gasteiger partial charge on any atom is -0.378 e. The van der Waals surface area contributed by atoms with E-state index in [4.69, 9.17) is 0 Å². The van der Waals surface area contributed by atoms with Crippen molar-refractivity contribution in [1.82, 2.24) is 4.98 Å². The van der Waals surface area contributed by atoms with E-state index in [2.05, 4.69) is 10.3 Å². The van der Waals surface area contributed by atoms with Crippen LogP contribution in [0.1, 0.15) is 10.4 Å². The van der Waals surface area contributed by atoms with Gasteiger partial charge in [-0.2, -0.15) is 0 Å². The molecule has 3 heteroatoms. The highest BCUT2D eigenvalue weighted by atomic mass is 16.1. The van der Waals surface area contributed by atoms with Crippen LogP contribution < -0.4 is 5.32 Å². The van der Waals surface area contributed by atoms with Crippen molar-refractivity contribution in [2.75, 3.05) is 11.9 Å². The number of fused-ring (bicyclic) bond motifs is 1. The van der Waals surface area contributed by atoms with Crippen molar-refractivity contribution in [1.29, 1.82) is 0 Å². The van der Waals surface area contributed by atoms with Gasteiger partial charge in [0.25, 0.3) is 0 Å². The number of ketones is 1. The van der Waals surface area contributed by atoms with Gasteiger partial charge in [0.2, 0.25) is 0 Å². The Kier molecular flexibility index (Phi) is 3.42. The predicted octanol–water partition coefficient (Wildman–Crippen LogP) is 3.53. The third kappa shape index (κ3) is 2.52. The highest BCUT2D eigenvalue weighted by Crippen LogP contribution is 2.17. The Hall–Kier alpha value is -2.68. The summed E-state index contributed by atoms with van der Waals surface area (Å²) in [6.45, 7) is 0.276. The summed E-state index contributed by atoms with van der Waals surface area (Å²) in [4.78, 5) is 16.6. The van der Waals surface area contributed by atoms with Crippen LogP contribution in [0.3, 0.4) is 0 Å². The van der Waals surface area contributed by atoms with Crippen LogP contribution in [0.4, 0.5) is 5.69 Å². The number of hydrogen-bond donors (Lipinski definition) is 1. The lowest BCUT2D eigenvalue weighted by Crippen LogP contribution is -2.14. The Labute approximate surface area is 117 Å². The molecule has 0 amide bonds. The molecular formula is C17H14N2O. The third-order valence-electron chi connectivity index (χ3n) is 3.17. The summed E-state index contributed by atoms with van der Waals surface area (Å²) in [5.41, 5.74) is 2.50. The molecule has 0 fully saturated rings. The summed E-state index contributed by atoms with van der Waals surface area (Å²) >= 11 is 0. The minimum absolute atomic E-state index is 0.0625. The molecule has 3 nitrogen and oxygen atoms in total. The fraction of sp³-hybridized carbons (Fsp3) is 0.0588. The van der Waals surface area contributed by atoms with Crippen LogP contribution >= 0.6 is 0 Å². The molecule has 1 heterocycles.